The molecule has 2 saturated carbocycles. The van der Waals surface area contributed by atoms with Crippen molar-refractivity contribution in [3.05, 3.63) is 65.1 Å². The van der Waals surface area contributed by atoms with Gasteiger partial charge in [-0.1, -0.05) is 42.5 Å². The minimum Gasteiger partial charge on any atom is -0.504 e. The number of ketones is 2. The Morgan fingerprint density at radius 2 is 1.48 bits per heavy atom. The van der Waals surface area contributed by atoms with Crippen LogP contribution < -0.4 is 0 Å². The lowest BCUT2D eigenvalue weighted by atomic mass is 9.88. The molecule has 0 saturated heterocycles. The average molecular weight is 336 g/mol. The molecule has 0 aliphatic heterocycles. The predicted octanol–water partition coefficient (Wildman–Crippen LogP) is 3.91. The summed E-state index contributed by atoms with van der Waals surface area (Å²) >= 11 is 0. The van der Waals surface area contributed by atoms with Crippen LogP contribution in [0, 0.1) is 17.8 Å². The van der Waals surface area contributed by atoms with Crippen LogP contribution >= 0.6 is 0 Å². The summed E-state index contributed by atoms with van der Waals surface area (Å²) in [5, 5.41) is 20.6. The van der Waals surface area contributed by atoms with Crippen LogP contribution in [0.2, 0.25) is 0 Å². The lowest BCUT2D eigenvalue weighted by Gasteiger charge is -2.17. The SMILES string of the molecule is O=C1C(O)=C(c2ccccc2)C(=O)C(O)=C1C=CC(C1CC1)C1CC1. The molecule has 25 heavy (non-hydrogen) atoms. The summed E-state index contributed by atoms with van der Waals surface area (Å²) in [5.74, 6) is -0.860. The van der Waals surface area contributed by atoms with E-state index in [4.69, 9.17) is 0 Å². The zero-order valence-corrected chi connectivity index (χ0v) is 13.8. The fourth-order valence-electron chi connectivity index (χ4n) is 3.59. The van der Waals surface area contributed by atoms with Crippen LogP contribution in [0.15, 0.2) is 59.6 Å². The number of hydrogen-bond donors (Lipinski definition) is 2. The van der Waals surface area contributed by atoms with Gasteiger partial charge in [0.05, 0.1) is 11.1 Å². The van der Waals surface area contributed by atoms with E-state index < -0.39 is 23.1 Å². The van der Waals surface area contributed by atoms with Crippen LogP contribution in [0.1, 0.15) is 31.2 Å². The second-order valence-corrected chi connectivity index (χ2v) is 7.12. The number of aliphatic hydroxyl groups excluding tert-OH is 2. The van der Waals surface area contributed by atoms with Crippen molar-refractivity contribution in [3.63, 3.8) is 0 Å². The quantitative estimate of drug-likeness (QED) is 0.800. The van der Waals surface area contributed by atoms with Gasteiger partial charge in [0.25, 0.3) is 0 Å². The molecule has 1 aromatic rings. The Labute approximate surface area is 146 Å². The molecule has 0 spiro atoms. The highest BCUT2D eigenvalue weighted by Gasteiger charge is 2.40. The van der Waals surface area contributed by atoms with Crippen LogP contribution in [0.25, 0.3) is 5.57 Å². The maximum atomic E-state index is 12.5. The lowest BCUT2D eigenvalue weighted by molar-refractivity contribution is -0.118. The van der Waals surface area contributed by atoms with E-state index >= 15 is 0 Å². The van der Waals surface area contributed by atoms with Gasteiger partial charge in [0.15, 0.2) is 11.5 Å². The molecule has 0 bridgehead atoms. The largest absolute Gasteiger partial charge is 0.504 e. The first-order valence-electron chi connectivity index (χ1n) is 8.77. The minimum absolute atomic E-state index is 0.103. The van der Waals surface area contributed by atoms with Crippen LogP contribution in [-0.2, 0) is 9.59 Å². The fourth-order valence-corrected chi connectivity index (χ4v) is 3.59. The Morgan fingerprint density at radius 3 is 2.04 bits per heavy atom. The van der Waals surface area contributed by atoms with Crippen molar-refractivity contribution in [1.29, 1.82) is 0 Å². The molecular formula is C21H20O4. The van der Waals surface area contributed by atoms with Crippen LogP contribution in [0.3, 0.4) is 0 Å². The van der Waals surface area contributed by atoms with Crippen molar-refractivity contribution in [2.24, 2.45) is 17.8 Å². The Balaban J connectivity index is 1.65. The summed E-state index contributed by atoms with van der Waals surface area (Å²) in [4.78, 5) is 25.0. The standard InChI is InChI=1S/C21H20O4/c22-18-16(11-10-15(12-6-7-12)13-8-9-13)19(23)21(25)17(20(18)24)14-4-2-1-3-5-14/h1-5,10-13,15,22,25H,6-9H2. The molecule has 2 fully saturated rings. The van der Waals surface area contributed by atoms with E-state index in [0.29, 0.717) is 23.3 Å². The molecule has 4 nitrogen and oxygen atoms in total. The Kier molecular flexibility index (Phi) is 3.83. The molecule has 3 aliphatic rings. The van der Waals surface area contributed by atoms with Gasteiger partial charge in [-0.3, -0.25) is 9.59 Å². The van der Waals surface area contributed by atoms with E-state index in [2.05, 4.69) is 0 Å². The molecule has 0 atom stereocenters. The number of carbonyl (C=O) groups excluding carboxylic acids is 2. The number of benzene rings is 1. The number of hydrogen-bond acceptors (Lipinski definition) is 4. The first kappa shape index (κ1) is 15.9. The summed E-state index contributed by atoms with van der Waals surface area (Å²) in [5.41, 5.74) is 0.177. The zero-order valence-electron chi connectivity index (χ0n) is 13.8. The van der Waals surface area contributed by atoms with Crippen molar-refractivity contribution < 1.29 is 19.8 Å². The zero-order chi connectivity index (χ0) is 17.6. The summed E-state index contributed by atoms with van der Waals surface area (Å²) in [6.07, 6.45) is 8.29. The number of Topliss-reactive ketones (excluding diaryl/α,β-unsaturated/α-hetero) is 2. The van der Waals surface area contributed by atoms with Gasteiger partial charge >= 0.3 is 0 Å². The molecule has 3 aliphatic carbocycles. The van der Waals surface area contributed by atoms with Crippen LogP contribution in [0.5, 0.6) is 0 Å². The minimum atomic E-state index is -0.711. The van der Waals surface area contributed by atoms with E-state index in [1.54, 1.807) is 30.3 Å². The maximum Gasteiger partial charge on any atom is 0.232 e. The first-order valence-corrected chi connectivity index (χ1v) is 8.77. The molecule has 2 N–H and O–H groups in total. The van der Waals surface area contributed by atoms with Gasteiger partial charge in [0, 0.05) is 0 Å². The molecule has 4 heteroatoms. The molecular weight excluding hydrogens is 316 g/mol. The van der Waals surface area contributed by atoms with E-state index in [0.717, 1.165) is 0 Å². The Hall–Kier alpha value is -2.62. The third kappa shape index (κ3) is 2.93. The smallest absolute Gasteiger partial charge is 0.232 e. The molecule has 128 valence electrons. The van der Waals surface area contributed by atoms with Gasteiger partial charge in [-0.05, 0) is 49.0 Å². The van der Waals surface area contributed by atoms with Crippen molar-refractivity contribution in [2.45, 2.75) is 25.7 Å². The van der Waals surface area contributed by atoms with Crippen molar-refractivity contribution in [1.82, 2.24) is 0 Å². The number of aliphatic hydroxyl groups is 2. The average Bonchev–Trinajstić information content (AvgIpc) is 3.51. The molecule has 0 radical (unpaired) electrons. The first-order chi connectivity index (χ1) is 12.1. The van der Waals surface area contributed by atoms with E-state index in [1.165, 1.54) is 31.8 Å². The molecule has 4 rings (SSSR count). The summed E-state index contributed by atoms with van der Waals surface area (Å²) < 4.78 is 0. The Bertz CT molecular complexity index is 809. The highest BCUT2D eigenvalue weighted by molar-refractivity contribution is 6.38. The molecule has 0 amide bonds. The van der Waals surface area contributed by atoms with Gasteiger partial charge < -0.3 is 10.2 Å². The van der Waals surface area contributed by atoms with Crippen molar-refractivity contribution >= 4 is 17.1 Å². The Morgan fingerprint density at radius 1 is 0.880 bits per heavy atom. The molecule has 0 unspecified atom stereocenters. The van der Waals surface area contributed by atoms with Gasteiger partial charge in [-0.2, -0.15) is 0 Å². The number of allylic oxidation sites excluding steroid dienone is 4. The third-order valence-electron chi connectivity index (χ3n) is 5.27. The van der Waals surface area contributed by atoms with Crippen LogP contribution in [0.4, 0.5) is 0 Å². The second-order valence-electron chi connectivity index (χ2n) is 7.12. The predicted molar refractivity (Wildman–Crippen MR) is 93.7 cm³/mol. The second kappa shape index (κ2) is 6.03. The third-order valence-corrected chi connectivity index (χ3v) is 5.27. The number of rotatable bonds is 5. The van der Waals surface area contributed by atoms with E-state index in [-0.39, 0.29) is 11.1 Å². The topological polar surface area (TPSA) is 74.6 Å². The summed E-state index contributed by atoms with van der Waals surface area (Å²) in [6.45, 7) is 0. The molecule has 0 aromatic heterocycles. The maximum absolute atomic E-state index is 12.5. The van der Waals surface area contributed by atoms with Gasteiger partial charge in [0.1, 0.15) is 0 Å². The molecule has 1 aromatic carbocycles. The monoisotopic (exact) mass is 336 g/mol. The lowest BCUT2D eigenvalue weighted by Crippen LogP contribution is -2.22. The molecule has 0 heterocycles. The summed E-state index contributed by atoms with van der Waals surface area (Å²) in [7, 11) is 0. The van der Waals surface area contributed by atoms with Gasteiger partial charge in [0.2, 0.25) is 11.6 Å². The fraction of sp³-hybridized carbons (Fsp3) is 0.333. The van der Waals surface area contributed by atoms with Crippen LogP contribution in [-0.4, -0.2) is 21.8 Å². The summed E-state index contributed by atoms with van der Waals surface area (Å²) in [6, 6.07) is 8.44. The van der Waals surface area contributed by atoms with Gasteiger partial charge in [-0.25, -0.2) is 0 Å². The van der Waals surface area contributed by atoms with Gasteiger partial charge in [-0.15, -0.1) is 0 Å². The van der Waals surface area contributed by atoms with Crippen molar-refractivity contribution in [2.75, 3.05) is 0 Å². The highest BCUT2D eigenvalue weighted by Crippen LogP contribution is 2.50. The van der Waals surface area contributed by atoms with Crippen molar-refractivity contribution in [3.8, 4) is 0 Å². The number of carbonyl (C=O) groups is 2. The van der Waals surface area contributed by atoms with E-state index in [9.17, 15) is 19.8 Å². The van der Waals surface area contributed by atoms with E-state index in [1.807, 2.05) is 6.08 Å². The highest BCUT2D eigenvalue weighted by atomic mass is 16.3. The normalized spacial score (nSPS) is 21.8.